The maximum Gasteiger partial charge on any atom is 0.298 e. The Morgan fingerprint density at radius 3 is 1.67 bits per heavy atom. The second kappa shape index (κ2) is 13.1. The van der Waals surface area contributed by atoms with Crippen molar-refractivity contribution in [2.24, 2.45) is 0 Å². The third kappa shape index (κ3) is 9.08. The molecule has 33 heavy (non-hydrogen) atoms. The Labute approximate surface area is 197 Å². The molecule has 0 saturated heterocycles. The van der Waals surface area contributed by atoms with Crippen LogP contribution < -0.4 is 4.74 Å². The molecule has 2 aromatic rings. The zero-order chi connectivity index (χ0) is 24.3. The average molecular weight is 499 g/mol. The molecule has 0 amide bonds. The van der Waals surface area contributed by atoms with E-state index in [0.29, 0.717) is 6.42 Å². The van der Waals surface area contributed by atoms with Crippen LogP contribution in [0, 0.1) is 0 Å². The Kier molecular flexibility index (Phi) is 10.8. The van der Waals surface area contributed by atoms with Gasteiger partial charge in [0.05, 0.1) is 0 Å². The van der Waals surface area contributed by atoms with E-state index in [1.807, 2.05) is 0 Å². The predicted octanol–water partition coefficient (Wildman–Crippen LogP) is 6.44. The van der Waals surface area contributed by atoms with Crippen LogP contribution >= 0.6 is 0 Å². The molecular weight excluding hydrogens is 464 g/mol. The molecule has 0 aliphatic heterocycles. The van der Waals surface area contributed by atoms with Gasteiger partial charge in [-0.15, -0.1) is 0 Å². The maximum atomic E-state index is 12.0. The topological polar surface area (TPSA) is 118 Å². The second-order valence-corrected chi connectivity index (χ2v) is 10.9. The van der Waals surface area contributed by atoms with E-state index < -0.39 is 30.0 Å². The molecule has 0 aliphatic carbocycles. The van der Waals surface area contributed by atoms with E-state index in [2.05, 4.69) is 6.92 Å². The SMILES string of the molecule is CCCCCCCCCCCCc1c(S(=O)(=O)O)ccc(S(=O)(=O)O)c1Oc1ccccc1. The van der Waals surface area contributed by atoms with Crippen molar-refractivity contribution in [2.45, 2.75) is 87.3 Å². The first-order valence-electron chi connectivity index (χ1n) is 11.5. The van der Waals surface area contributed by atoms with Crippen molar-refractivity contribution < 1.29 is 30.7 Å². The van der Waals surface area contributed by atoms with Gasteiger partial charge in [0, 0.05) is 5.56 Å². The minimum Gasteiger partial charge on any atom is -0.456 e. The zero-order valence-corrected chi connectivity index (χ0v) is 20.7. The van der Waals surface area contributed by atoms with Crippen LogP contribution in [0.25, 0.3) is 0 Å². The van der Waals surface area contributed by atoms with Gasteiger partial charge in [-0.05, 0) is 37.1 Å². The molecule has 2 N–H and O–H groups in total. The highest BCUT2D eigenvalue weighted by molar-refractivity contribution is 7.86. The first-order chi connectivity index (χ1) is 15.6. The minimum atomic E-state index is -4.69. The summed E-state index contributed by atoms with van der Waals surface area (Å²) in [5.41, 5.74) is 0.0380. The van der Waals surface area contributed by atoms with E-state index in [1.54, 1.807) is 30.3 Å². The molecule has 0 aliphatic rings. The molecule has 0 aromatic heterocycles. The van der Waals surface area contributed by atoms with Gasteiger partial charge in [0.15, 0.2) is 5.75 Å². The van der Waals surface area contributed by atoms with Crippen LogP contribution in [-0.2, 0) is 26.7 Å². The summed E-state index contributed by atoms with van der Waals surface area (Å²) in [6, 6.07) is 10.2. The molecule has 184 valence electrons. The monoisotopic (exact) mass is 498 g/mol. The fraction of sp³-hybridized carbons (Fsp3) is 0.500. The molecule has 0 heterocycles. The van der Waals surface area contributed by atoms with E-state index in [-0.39, 0.29) is 23.5 Å². The molecule has 9 heteroatoms. The van der Waals surface area contributed by atoms with E-state index in [4.69, 9.17) is 4.74 Å². The number of para-hydroxylation sites is 1. The third-order valence-corrected chi connectivity index (χ3v) is 7.30. The van der Waals surface area contributed by atoms with Crippen LogP contribution in [-0.4, -0.2) is 25.9 Å². The lowest BCUT2D eigenvalue weighted by Crippen LogP contribution is -2.10. The van der Waals surface area contributed by atoms with Gasteiger partial charge in [0.2, 0.25) is 0 Å². The molecule has 2 aromatic carbocycles. The average Bonchev–Trinajstić information content (AvgIpc) is 2.74. The lowest BCUT2D eigenvalue weighted by atomic mass is 10.0. The second-order valence-electron chi connectivity index (χ2n) is 8.17. The molecule has 2 rings (SSSR count). The molecule has 0 saturated carbocycles. The van der Waals surface area contributed by atoms with E-state index in [9.17, 15) is 25.9 Å². The van der Waals surface area contributed by atoms with Crippen molar-refractivity contribution in [3.63, 3.8) is 0 Å². The van der Waals surface area contributed by atoms with Crippen molar-refractivity contribution in [1.82, 2.24) is 0 Å². The fourth-order valence-electron chi connectivity index (χ4n) is 3.78. The summed E-state index contributed by atoms with van der Waals surface area (Å²) in [6.07, 6.45) is 11.0. The number of hydrogen-bond acceptors (Lipinski definition) is 5. The first-order valence-corrected chi connectivity index (χ1v) is 14.4. The van der Waals surface area contributed by atoms with Gasteiger partial charge in [-0.1, -0.05) is 82.9 Å². The Morgan fingerprint density at radius 1 is 0.667 bits per heavy atom. The molecule has 0 unspecified atom stereocenters. The summed E-state index contributed by atoms with van der Waals surface area (Å²) in [7, 11) is -9.32. The Morgan fingerprint density at radius 2 is 1.15 bits per heavy atom. The van der Waals surface area contributed by atoms with Crippen LogP contribution in [0.2, 0.25) is 0 Å². The third-order valence-electron chi connectivity index (χ3n) is 5.48. The number of rotatable bonds is 15. The van der Waals surface area contributed by atoms with Crippen LogP contribution in [0.3, 0.4) is 0 Å². The van der Waals surface area contributed by atoms with Crippen molar-refractivity contribution in [1.29, 1.82) is 0 Å². The van der Waals surface area contributed by atoms with Crippen molar-refractivity contribution in [3.05, 3.63) is 48.0 Å². The Bertz CT molecular complexity index is 1080. The maximum absolute atomic E-state index is 12.0. The van der Waals surface area contributed by atoms with Gasteiger partial charge in [-0.2, -0.15) is 16.8 Å². The molecule has 7 nitrogen and oxygen atoms in total. The Hall–Kier alpha value is -1.94. The van der Waals surface area contributed by atoms with Gasteiger partial charge >= 0.3 is 0 Å². The summed E-state index contributed by atoms with van der Waals surface area (Å²) in [5.74, 6) is -0.00559. The smallest absolute Gasteiger partial charge is 0.298 e. The standard InChI is InChI=1S/C24H34O7S2/c1-2-3-4-5-6-7-8-9-10-14-17-21-22(32(25,26)27)18-19-23(33(28,29)30)24(21)31-20-15-12-11-13-16-20/h11-13,15-16,18-19H,2-10,14,17H2,1H3,(H,25,26,27)(H,28,29,30). The van der Waals surface area contributed by atoms with Crippen LogP contribution in [0.15, 0.2) is 52.3 Å². The van der Waals surface area contributed by atoms with Crippen LogP contribution in [0.4, 0.5) is 0 Å². The Balaban J connectivity index is 2.18. The molecule has 0 spiro atoms. The number of hydrogen-bond donors (Lipinski definition) is 2. The number of unbranched alkanes of at least 4 members (excludes halogenated alkanes) is 9. The highest BCUT2D eigenvalue weighted by Crippen LogP contribution is 2.37. The quantitative estimate of drug-likeness (QED) is 0.214. The summed E-state index contributed by atoms with van der Waals surface area (Å²) in [6.45, 7) is 2.19. The van der Waals surface area contributed by atoms with Crippen molar-refractivity contribution in [3.8, 4) is 11.5 Å². The number of benzene rings is 2. The molecule has 0 atom stereocenters. The van der Waals surface area contributed by atoms with Gasteiger partial charge < -0.3 is 4.74 Å². The summed E-state index contributed by atoms with van der Waals surface area (Å²) in [5, 5.41) is 0. The van der Waals surface area contributed by atoms with Crippen LogP contribution in [0.1, 0.15) is 76.7 Å². The fourth-order valence-corrected chi connectivity index (χ4v) is 5.16. The molecule has 0 bridgehead atoms. The predicted molar refractivity (Wildman–Crippen MR) is 128 cm³/mol. The van der Waals surface area contributed by atoms with Gasteiger partial charge in [-0.3, -0.25) is 9.11 Å². The van der Waals surface area contributed by atoms with Crippen molar-refractivity contribution >= 4 is 20.2 Å². The summed E-state index contributed by atoms with van der Waals surface area (Å²) in [4.78, 5) is -0.961. The van der Waals surface area contributed by atoms with Crippen molar-refractivity contribution in [2.75, 3.05) is 0 Å². The molecule has 0 radical (unpaired) electrons. The van der Waals surface area contributed by atoms with Gasteiger partial charge in [-0.25, -0.2) is 0 Å². The highest BCUT2D eigenvalue weighted by atomic mass is 32.2. The lowest BCUT2D eigenvalue weighted by molar-refractivity contribution is 0.438. The first kappa shape index (κ1) is 27.3. The molecule has 0 fully saturated rings. The highest BCUT2D eigenvalue weighted by Gasteiger charge is 2.27. The normalized spacial score (nSPS) is 12.1. The van der Waals surface area contributed by atoms with E-state index >= 15 is 0 Å². The van der Waals surface area contributed by atoms with Gasteiger partial charge in [0.1, 0.15) is 15.5 Å². The van der Waals surface area contributed by atoms with E-state index in [1.165, 1.54) is 32.1 Å². The zero-order valence-electron chi connectivity index (χ0n) is 19.1. The van der Waals surface area contributed by atoms with Crippen LogP contribution in [0.5, 0.6) is 11.5 Å². The van der Waals surface area contributed by atoms with E-state index in [0.717, 1.165) is 37.8 Å². The van der Waals surface area contributed by atoms with Gasteiger partial charge in [0.25, 0.3) is 20.2 Å². The number of ether oxygens (including phenoxy) is 1. The summed E-state index contributed by atoms with van der Waals surface area (Å²) >= 11 is 0. The minimum absolute atomic E-state index is 0.0380. The largest absolute Gasteiger partial charge is 0.456 e. The lowest BCUT2D eigenvalue weighted by Gasteiger charge is -2.17. The summed E-state index contributed by atoms with van der Waals surface area (Å²) < 4.78 is 73.0. The molecular formula is C24H34O7S2.